The Morgan fingerprint density at radius 2 is 0.371 bits per heavy atom. The number of rotatable bonds is 11. The van der Waals surface area contributed by atoms with Gasteiger partial charge in [-0.2, -0.15) is 0 Å². The summed E-state index contributed by atoms with van der Waals surface area (Å²) in [5, 5.41) is 0. The number of benzene rings is 10. The normalized spacial score (nSPS) is 12.7. The minimum absolute atomic E-state index is 0.0328. The SMILES string of the molecule is [2H]c1c([2H])c(N(c2ccc(-c3ccccc3)cc2)c2ccc(-c3ccccc3)cc2)c([2H])c([2H])c1-c1c([2H])c([2H])c(N(c2ccc(-c3ccccc3)cc2)c2ccc(-c3ccccc3)cc2)c([2H])c1[2H]. The number of anilines is 6. The fourth-order valence-electron chi connectivity index (χ4n) is 7.63. The van der Waals surface area contributed by atoms with Gasteiger partial charge in [-0.3, -0.25) is 0 Å². The van der Waals surface area contributed by atoms with Crippen molar-refractivity contribution >= 4 is 34.1 Å². The first kappa shape index (κ1) is 29.9. The number of hydrogen-bond acceptors (Lipinski definition) is 2. The predicted molar refractivity (Wildman–Crippen MR) is 263 cm³/mol. The topological polar surface area (TPSA) is 6.48 Å². The van der Waals surface area contributed by atoms with Crippen molar-refractivity contribution in [1.29, 1.82) is 0 Å². The van der Waals surface area contributed by atoms with Crippen LogP contribution in [0.4, 0.5) is 34.1 Å². The van der Waals surface area contributed by atoms with Gasteiger partial charge in [-0.25, -0.2) is 0 Å². The average molecular weight is 801 g/mol. The van der Waals surface area contributed by atoms with E-state index in [2.05, 4.69) is 0 Å². The van der Waals surface area contributed by atoms with Crippen molar-refractivity contribution in [2.75, 3.05) is 9.80 Å². The first-order chi connectivity index (χ1) is 34.1. The molecule has 0 N–H and O–H groups in total. The Morgan fingerprint density at radius 1 is 0.177 bits per heavy atom. The summed E-state index contributed by atoms with van der Waals surface area (Å²) >= 11 is 0. The Labute approximate surface area is 376 Å². The molecule has 10 aromatic carbocycles. The second-order valence-electron chi connectivity index (χ2n) is 14.8. The van der Waals surface area contributed by atoms with Gasteiger partial charge in [0.25, 0.3) is 0 Å². The van der Waals surface area contributed by atoms with Crippen LogP contribution >= 0.6 is 0 Å². The molecule has 0 bridgehead atoms. The lowest BCUT2D eigenvalue weighted by Gasteiger charge is -2.27. The summed E-state index contributed by atoms with van der Waals surface area (Å²) in [4.78, 5) is 3.38. The first-order valence-electron chi connectivity index (χ1n) is 24.5. The molecule has 10 aromatic rings. The first-order valence-corrected chi connectivity index (χ1v) is 20.5. The molecule has 0 radical (unpaired) electrons. The van der Waals surface area contributed by atoms with Gasteiger partial charge >= 0.3 is 0 Å². The highest BCUT2D eigenvalue weighted by atomic mass is 15.1. The fraction of sp³-hybridized carbons (Fsp3) is 0. The van der Waals surface area contributed by atoms with E-state index in [1.165, 1.54) is 0 Å². The number of nitrogens with zero attached hydrogens (tertiary/aromatic N) is 2. The molecular weight excluding hydrogens is 749 g/mol. The summed E-state index contributed by atoms with van der Waals surface area (Å²) in [6.45, 7) is 0. The van der Waals surface area contributed by atoms with Gasteiger partial charge in [-0.15, -0.1) is 0 Å². The minimum atomic E-state index is -0.499. The molecule has 0 saturated heterocycles. The summed E-state index contributed by atoms with van der Waals surface area (Å²) in [7, 11) is 0. The van der Waals surface area contributed by atoms with Gasteiger partial charge in [0.1, 0.15) is 0 Å². The van der Waals surface area contributed by atoms with Gasteiger partial charge in [0.2, 0.25) is 0 Å². The van der Waals surface area contributed by atoms with Crippen molar-refractivity contribution in [2.45, 2.75) is 0 Å². The van der Waals surface area contributed by atoms with Crippen LogP contribution in [0.1, 0.15) is 11.0 Å². The molecule has 0 saturated carbocycles. The van der Waals surface area contributed by atoms with E-state index < -0.39 is 48.3 Å². The van der Waals surface area contributed by atoms with Gasteiger partial charge in [-0.05, 0) is 128 Å². The maximum absolute atomic E-state index is 9.59. The Hall–Kier alpha value is -8.20. The van der Waals surface area contributed by atoms with Gasteiger partial charge in [0.05, 0.1) is 11.0 Å². The largest absolute Gasteiger partial charge is 0.311 e. The molecule has 0 aliphatic heterocycles. The second-order valence-corrected chi connectivity index (χ2v) is 14.8. The molecule has 294 valence electrons. The van der Waals surface area contributed by atoms with Crippen molar-refractivity contribution < 1.29 is 11.0 Å². The molecule has 0 aromatic heterocycles. The van der Waals surface area contributed by atoms with E-state index in [1.54, 1.807) is 9.80 Å². The van der Waals surface area contributed by atoms with E-state index in [0.29, 0.717) is 22.7 Å². The highest BCUT2D eigenvalue weighted by Gasteiger charge is 2.16. The smallest absolute Gasteiger partial charge is 0.0645 e. The van der Waals surface area contributed by atoms with E-state index in [0.717, 1.165) is 44.5 Å². The number of hydrogen-bond donors (Lipinski definition) is 0. The molecule has 0 aliphatic carbocycles. The van der Waals surface area contributed by atoms with E-state index in [9.17, 15) is 11.0 Å². The van der Waals surface area contributed by atoms with Crippen LogP contribution in [-0.4, -0.2) is 0 Å². The van der Waals surface area contributed by atoms with Gasteiger partial charge in [0, 0.05) is 34.1 Å². The molecule has 0 atom stereocenters. The lowest BCUT2D eigenvalue weighted by atomic mass is 10.0. The highest BCUT2D eigenvalue weighted by Crippen LogP contribution is 2.40. The molecule has 2 heteroatoms. The summed E-state index contributed by atoms with van der Waals surface area (Å²) < 4.78 is 76.5. The molecule has 10 rings (SSSR count). The van der Waals surface area contributed by atoms with Crippen LogP contribution in [-0.2, 0) is 0 Å². The molecule has 2 nitrogen and oxygen atoms in total. The zero-order valence-electron chi connectivity index (χ0n) is 41.7. The second kappa shape index (κ2) is 17.6. The molecule has 0 unspecified atom stereocenters. The lowest BCUT2D eigenvalue weighted by molar-refractivity contribution is 1.28. The van der Waals surface area contributed by atoms with Gasteiger partial charge in [0.15, 0.2) is 0 Å². The summed E-state index contributed by atoms with van der Waals surface area (Å²) in [6, 6.07) is 66.6. The van der Waals surface area contributed by atoms with Crippen LogP contribution in [0.25, 0.3) is 55.6 Å². The minimum Gasteiger partial charge on any atom is -0.311 e. The Bertz CT molecular complexity index is 3010. The third-order valence-electron chi connectivity index (χ3n) is 10.9. The summed E-state index contributed by atoms with van der Waals surface area (Å²) in [6.07, 6.45) is 0. The van der Waals surface area contributed by atoms with Gasteiger partial charge in [-0.1, -0.05) is 194 Å². The van der Waals surface area contributed by atoms with Crippen LogP contribution in [0.15, 0.2) is 267 Å². The molecular formula is C60H44N2. The fourth-order valence-corrected chi connectivity index (χ4v) is 7.63. The van der Waals surface area contributed by atoms with Gasteiger partial charge < -0.3 is 9.80 Å². The average Bonchev–Trinajstić information content (AvgIpc) is 3.42. The summed E-state index contributed by atoms with van der Waals surface area (Å²) in [5.41, 5.74) is 9.49. The van der Waals surface area contributed by atoms with Crippen molar-refractivity contribution in [3.05, 3.63) is 267 Å². The van der Waals surface area contributed by atoms with E-state index in [-0.39, 0.29) is 22.5 Å². The third kappa shape index (κ3) is 8.18. The van der Waals surface area contributed by atoms with Crippen LogP contribution in [0.5, 0.6) is 0 Å². The van der Waals surface area contributed by atoms with E-state index in [4.69, 9.17) is 0 Å². The maximum atomic E-state index is 9.59. The molecule has 0 fully saturated rings. The van der Waals surface area contributed by atoms with Crippen LogP contribution in [0.3, 0.4) is 0 Å². The predicted octanol–water partition coefficient (Wildman–Crippen LogP) is 17.0. The maximum Gasteiger partial charge on any atom is 0.0645 e. The van der Waals surface area contributed by atoms with Crippen LogP contribution in [0, 0.1) is 0 Å². The van der Waals surface area contributed by atoms with E-state index in [1.807, 2.05) is 218 Å². The molecule has 0 aliphatic rings. The monoisotopic (exact) mass is 800 g/mol. The quantitative estimate of drug-likeness (QED) is 0.129. The van der Waals surface area contributed by atoms with E-state index >= 15 is 0 Å². The lowest BCUT2D eigenvalue weighted by Crippen LogP contribution is -2.10. The van der Waals surface area contributed by atoms with Crippen molar-refractivity contribution in [3.63, 3.8) is 0 Å². The molecule has 62 heavy (non-hydrogen) atoms. The zero-order valence-corrected chi connectivity index (χ0v) is 33.7. The van der Waals surface area contributed by atoms with Crippen molar-refractivity contribution in [1.82, 2.24) is 0 Å². The molecule has 0 spiro atoms. The van der Waals surface area contributed by atoms with Crippen molar-refractivity contribution in [2.24, 2.45) is 0 Å². The molecule has 0 heterocycles. The Morgan fingerprint density at radius 3 is 0.581 bits per heavy atom. The Balaban J connectivity index is 1.11. The highest BCUT2D eigenvalue weighted by molar-refractivity contribution is 5.83. The van der Waals surface area contributed by atoms with Crippen LogP contribution < -0.4 is 9.80 Å². The van der Waals surface area contributed by atoms with Crippen molar-refractivity contribution in [3.8, 4) is 55.6 Å². The third-order valence-corrected chi connectivity index (χ3v) is 10.9. The summed E-state index contributed by atoms with van der Waals surface area (Å²) in [5.74, 6) is 0. The van der Waals surface area contributed by atoms with Crippen LogP contribution in [0.2, 0.25) is 0 Å². The Kier molecular flexibility index (Phi) is 8.48. The standard InChI is InChI=1S/C60H44N2/c1-5-13-45(14-6-1)49-21-33-55(34-22-49)61(56-35-23-50(24-36-56)46-15-7-2-8-16-46)59-41-29-53(30-42-59)54-31-43-60(44-32-54)62(57-37-25-51(26-38-57)47-17-9-3-10-18-47)58-39-27-52(28-40-58)48-19-11-4-12-20-48/h1-44H/i29D,30D,31D,32D,41D,42D,43D,44D. The zero-order chi connectivity index (χ0) is 48.5. The molecule has 0 amide bonds.